The molecule has 0 unspecified atom stereocenters. The van der Waals surface area contributed by atoms with Crippen molar-refractivity contribution in [3.8, 4) is 0 Å². The fraction of sp³-hybridized carbons (Fsp3) is 0.714. The van der Waals surface area contributed by atoms with E-state index >= 15 is 0 Å². The van der Waals surface area contributed by atoms with E-state index in [9.17, 15) is 9.59 Å². The summed E-state index contributed by atoms with van der Waals surface area (Å²) in [6, 6.07) is 9.20. The second kappa shape index (κ2) is 9.88. The molecule has 0 spiro atoms. The minimum Gasteiger partial charge on any atom is -0.444 e. The molecule has 1 atom stereocenters. The topological polar surface area (TPSA) is 59.1 Å². The van der Waals surface area contributed by atoms with Gasteiger partial charge in [0.05, 0.1) is 7.11 Å². The Morgan fingerprint density at radius 3 is 2.09 bits per heavy atom. The van der Waals surface area contributed by atoms with Crippen LogP contribution in [0.1, 0.15) is 71.3 Å². The Bertz CT molecular complexity index is 828. The van der Waals surface area contributed by atoms with Crippen molar-refractivity contribution in [3.05, 3.63) is 35.9 Å². The molecule has 6 heteroatoms. The zero-order valence-corrected chi connectivity index (χ0v) is 21.6. The second-order valence-electron chi connectivity index (χ2n) is 12.1. The summed E-state index contributed by atoms with van der Waals surface area (Å²) in [6.07, 6.45) is 8.94. The molecule has 4 aliphatic rings. The molecule has 0 radical (unpaired) electrons. The SMILES string of the molecule is CON(C)C(=O)[C@H](Cc1ccccc1)N(CCC12CC3CC(CC(C3)C1)C2)C(=O)OC(C)(C)C. The highest BCUT2D eigenvalue weighted by atomic mass is 16.7. The normalized spacial score (nSPS) is 28.4. The third-order valence-corrected chi connectivity index (χ3v) is 8.19. The minimum absolute atomic E-state index is 0.234. The number of hydrogen-bond donors (Lipinski definition) is 0. The minimum atomic E-state index is -0.684. The number of benzene rings is 1. The van der Waals surface area contributed by atoms with Crippen LogP contribution in [0.2, 0.25) is 0 Å². The Kier molecular flexibility index (Phi) is 7.28. The van der Waals surface area contributed by atoms with Gasteiger partial charge in [0, 0.05) is 20.0 Å². The molecule has 0 aromatic heterocycles. The second-order valence-corrected chi connectivity index (χ2v) is 12.1. The fourth-order valence-electron chi connectivity index (χ4n) is 7.12. The van der Waals surface area contributed by atoms with Crippen molar-refractivity contribution >= 4 is 12.0 Å². The largest absolute Gasteiger partial charge is 0.444 e. The van der Waals surface area contributed by atoms with Crippen molar-refractivity contribution in [2.24, 2.45) is 23.2 Å². The Morgan fingerprint density at radius 1 is 1.03 bits per heavy atom. The molecule has 1 aromatic rings. The van der Waals surface area contributed by atoms with Crippen molar-refractivity contribution in [2.45, 2.75) is 83.8 Å². The Labute approximate surface area is 204 Å². The molecule has 4 saturated carbocycles. The van der Waals surface area contributed by atoms with Crippen LogP contribution >= 0.6 is 0 Å². The van der Waals surface area contributed by atoms with Crippen LogP contribution in [-0.4, -0.2) is 54.3 Å². The molecule has 4 fully saturated rings. The van der Waals surface area contributed by atoms with E-state index in [0.29, 0.717) is 18.4 Å². The number of hydrogen-bond acceptors (Lipinski definition) is 4. The van der Waals surface area contributed by atoms with Gasteiger partial charge in [-0.2, -0.15) is 0 Å². The van der Waals surface area contributed by atoms with Gasteiger partial charge in [0.25, 0.3) is 5.91 Å². The maximum atomic E-state index is 13.5. The number of hydroxylamine groups is 2. The molecule has 34 heavy (non-hydrogen) atoms. The summed E-state index contributed by atoms with van der Waals surface area (Å²) in [5.41, 5.74) is 0.681. The molecule has 2 amide bonds. The average molecular weight is 471 g/mol. The number of amides is 2. The molecule has 0 saturated heterocycles. The highest BCUT2D eigenvalue weighted by Crippen LogP contribution is 2.61. The third-order valence-electron chi connectivity index (χ3n) is 8.19. The predicted molar refractivity (Wildman–Crippen MR) is 132 cm³/mol. The van der Waals surface area contributed by atoms with E-state index < -0.39 is 17.7 Å². The average Bonchev–Trinajstić information content (AvgIpc) is 2.76. The van der Waals surface area contributed by atoms with Crippen LogP contribution in [0.5, 0.6) is 0 Å². The van der Waals surface area contributed by atoms with Gasteiger partial charge in [-0.3, -0.25) is 14.5 Å². The Balaban J connectivity index is 1.59. The van der Waals surface area contributed by atoms with Gasteiger partial charge >= 0.3 is 6.09 Å². The molecule has 5 rings (SSSR count). The lowest BCUT2D eigenvalue weighted by Crippen LogP contribution is -2.54. The van der Waals surface area contributed by atoms with Crippen LogP contribution < -0.4 is 0 Å². The highest BCUT2D eigenvalue weighted by molar-refractivity contribution is 5.85. The van der Waals surface area contributed by atoms with Crippen molar-refractivity contribution in [2.75, 3.05) is 20.7 Å². The quantitative estimate of drug-likeness (QED) is 0.473. The van der Waals surface area contributed by atoms with Crippen molar-refractivity contribution in [1.29, 1.82) is 0 Å². The molecule has 0 N–H and O–H groups in total. The zero-order valence-electron chi connectivity index (χ0n) is 21.6. The van der Waals surface area contributed by atoms with Gasteiger partial charge in [0.15, 0.2) is 0 Å². The summed E-state index contributed by atoms with van der Waals surface area (Å²) in [6.45, 7) is 6.15. The highest BCUT2D eigenvalue weighted by Gasteiger charge is 2.51. The van der Waals surface area contributed by atoms with E-state index in [-0.39, 0.29) is 5.91 Å². The molecular weight excluding hydrogens is 428 g/mol. The smallest absolute Gasteiger partial charge is 0.410 e. The van der Waals surface area contributed by atoms with Gasteiger partial charge in [-0.1, -0.05) is 30.3 Å². The maximum absolute atomic E-state index is 13.5. The lowest BCUT2D eigenvalue weighted by Gasteiger charge is -2.57. The van der Waals surface area contributed by atoms with Crippen LogP contribution in [0, 0.1) is 23.2 Å². The first-order chi connectivity index (χ1) is 16.1. The standard InChI is InChI=1S/C28H42N2O4/c1-27(2,3)34-26(32)30(12-11-28-17-21-13-22(18-28)15-23(14-21)19-28)24(25(31)29(4)33-5)16-20-9-7-6-8-10-20/h6-10,21-24H,11-19H2,1-5H3/t21?,22?,23?,24-,28?/m0/s1. The van der Waals surface area contributed by atoms with Crippen LogP contribution in [0.15, 0.2) is 30.3 Å². The maximum Gasteiger partial charge on any atom is 0.410 e. The predicted octanol–water partition coefficient (Wildman–Crippen LogP) is 5.46. The molecular formula is C28H42N2O4. The van der Waals surface area contributed by atoms with E-state index in [1.807, 2.05) is 51.1 Å². The van der Waals surface area contributed by atoms with Gasteiger partial charge in [-0.15, -0.1) is 0 Å². The lowest BCUT2D eigenvalue weighted by molar-refractivity contribution is -0.174. The molecule has 0 heterocycles. The molecule has 6 nitrogen and oxygen atoms in total. The van der Waals surface area contributed by atoms with Gasteiger partial charge in [-0.25, -0.2) is 9.86 Å². The summed E-state index contributed by atoms with van der Waals surface area (Å²) in [5, 5.41) is 1.23. The number of rotatable bonds is 8. The van der Waals surface area contributed by atoms with Crippen molar-refractivity contribution in [1.82, 2.24) is 9.96 Å². The summed E-state index contributed by atoms with van der Waals surface area (Å²) in [4.78, 5) is 33.9. The van der Waals surface area contributed by atoms with Crippen molar-refractivity contribution < 1.29 is 19.2 Å². The summed E-state index contributed by atoms with van der Waals surface area (Å²) in [5.74, 6) is 2.32. The molecule has 4 bridgehead atoms. The van der Waals surface area contributed by atoms with Gasteiger partial charge < -0.3 is 4.74 Å². The Hall–Kier alpha value is -2.08. The first-order valence-corrected chi connectivity index (χ1v) is 12.9. The molecule has 188 valence electrons. The fourth-order valence-corrected chi connectivity index (χ4v) is 7.12. The van der Waals surface area contributed by atoms with E-state index in [1.54, 1.807) is 11.9 Å². The molecule has 1 aromatic carbocycles. The van der Waals surface area contributed by atoms with Crippen LogP contribution in [0.3, 0.4) is 0 Å². The van der Waals surface area contributed by atoms with Crippen LogP contribution in [0.25, 0.3) is 0 Å². The van der Waals surface area contributed by atoms with E-state index in [1.165, 1.54) is 50.7 Å². The molecule has 0 aliphatic heterocycles. The number of nitrogens with zero attached hydrogens (tertiary/aromatic N) is 2. The summed E-state index contributed by atoms with van der Waals surface area (Å²) in [7, 11) is 3.08. The van der Waals surface area contributed by atoms with Crippen LogP contribution in [0.4, 0.5) is 4.79 Å². The summed E-state index contributed by atoms with van der Waals surface area (Å²) < 4.78 is 5.83. The monoisotopic (exact) mass is 470 g/mol. The van der Waals surface area contributed by atoms with E-state index in [4.69, 9.17) is 9.57 Å². The van der Waals surface area contributed by atoms with Gasteiger partial charge in [-0.05, 0) is 94.4 Å². The van der Waals surface area contributed by atoms with E-state index in [0.717, 1.165) is 29.7 Å². The zero-order chi connectivity index (χ0) is 24.5. The van der Waals surface area contributed by atoms with Gasteiger partial charge in [0.1, 0.15) is 11.6 Å². The first-order valence-electron chi connectivity index (χ1n) is 12.9. The first kappa shape index (κ1) is 25.0. The summed E-state index contributed by atoms with van der Waals surface area (Å²) >= 11 is 0. The van der Waals surface area contributed by atoms with Crippen molar-refractivity contribution in [3.63, 3.8) is 0 Å². The number of likely N-dealkylation sites (N-methyl/N-ethyl adjacent to an activating group) is 1. The number of carbonyl (C=O) groups excluding carboxylic acids is 2. The number of carbonyl (C=O) groups is 2. The lowest BCUT2D eigenvalue weighted by atomic mass is 9.49. The number of ether oxygens (including phenoxy) is 1. The Morgan fingerprint density at radius 2 is 1.59 bits per heavy atom. The van der Waals surface area contributed by atoms with E-state index in [2.05, 4.69) is 0 Å². The van der Waals surface area contributed by atoms with Crippen LogP contribution in [-0.2, 0) is 20.8 Å². The third kappa shape index (κ3) is 5.76. The van der Waals surface area contributed by atoms with Gasteiger partial charge in [0.2, 0.25) is 0 Å². The molecule has 4 aliphatic carbocycles.